The van der Waals surface area contributed by atoms with E-state index in [1.807, 2.05) is 6.07 Å². The van der Waals surface area contributed by atoms with Crippen LogP contribution in [0.4, 0.5) is 4.39 Å². The summed E-state index contributed by atoms with van der Waals surface area (Å²) in [5.74, 6) is -1.21. The predicted octanol–water partition coefficient (Wildman–Crippen LogP) is 4.21. The SMILES string of the molecule is O=C1c2oc3ccccc3c(=O)c2C(c2ccccc2F)N1CC(O)c1ccccc1. The Morgan fingerprint density at radius 3 is 2.39 bits per heavy atom. The molecular formula is C25H18FNO4. The zero-order valence-corrected chi connectivity index (χ0v) is 16.4. The summed E-state index contributed by atoms with van der Waals surface area (Å²) in [4.78, 5) is 28.0. The first kappa shape index (κ1) is 19.2. The third-order valence-corrected chi connectivity index (χ3v) is 5.63. The minimum Gasteiger partial charge on any atom is -0.450 e. The Balaban J connectivity index is 1.69. The number of hydrogen-bond donors (Lipinski definition) is 1. The van der Waals surface area contributed by atoms with Gasteiger partial charge < -0.3 is 14.4 Å². The number of nitrogens with zero attached hydrogens (tertiary/aromatic N) is 1. The summed E-state index contributed by atoms with van der Waals surface area (Å²) in [7, 11) is 0. The van der Waals surface area contributed by atoms with Crippen molar-refractivity contribution < 1.29 is 18.7 Å². The highest BCUT2D eigenvalue weighted by Crippen LogP contribution is 2.40. The summed E-state index contributed by atoms with van der Waals surface area (Å²) >= 11 is 0. The second-order valence-corrected chi connectivity index (χ2v) is 7.48. The first-order valence-corrected chi connectivity index (χ1v) is 9.90. The third kappa shape index (κ3) is 3.12. The quantitative estimate of drug-likeness (QED) is 0.542. The molecule has 3 aromatic carbocycles. The minimum absolute atomic E-state index is 0.0917. The molecule has 0 fully saturated rings. The van der Waals surface area contributed by atoms with Crippen LogP contribution in [-0.2, 0) is 0 Å². The molecule has 1 amide bonds. The Morgan fingerprint density at radius 1 is 0.935 bits per heavy atom. The van der Waals surface area contributed by atoms with Gasteiger partial charge in [0.15, 0.2) is 5.43 Å². The van der Waals surface area contributed by atoms with E-state index < -0.39 is 23.9 Å². The van der Waals surface area contributed by atoms with E-state index in [9.17, 15) is 19.1 Å². The number of aliphatic hydroxyl groups is 1. The number of aliphatic hydroxyl groups excluding tert-OH is 1. The topological polar surface area (TPSA) is 70.8 Å². The van der Waals surface area contributed by atoms with Gasteiger partial charge in [0.2, 0.25) is 5.76 Å². The largest absolute Gasteiger partial charge is 0.450 e. The molecule has 0 saturated heterocycles. The Kier molecular flexibility index (Phi) is 4.64. The molecule has 2 atom stereocenters. The molecule has 0 radical (unpaired) electrons. The minimum atomic E-state index is -1.02. The lowest BCUT2D eigenvalue weighted by Crippen LogP contribution is -2.34. The smallest absolute Gasteiger partial charge is 0.291 e. The zero-order valence-electron chi connectivity index (χ0n) is 16.4. The van der Waals surface area contributed by atoms with Crippen molar-refractivity contribution >= 4 is 16.9 Å². The van der Waals surface area contributed by atoms with Crippen molar-refractivity contribution in [2.24, 2.45) is 0 Å². The maximum Gasteiger partial charge on any atom is 0.291 e. The molecule has 1 N–H and O–H groups in total. The van der Waals surface area contributed by atoms with Gasteiger partial charge in [-0.25, -0.2) is 4.39 Å². The van der Waals surface area contributed by atoms with Gasteiger partial charge in [0, 0.05) is 5.56 Å². The van der Waals surface area contributed by atoms with Crippen LogP contribution in [0.3, 0.4) is 0 Å². The number of para-hydroxylation sites is 1. The van der Waals surface area contributed by atoms with Gasteiger partial charge in [0.1, 0.15) is 11.4 Å². The summed E-state index contributed by atoms with van der Waals surface area (Å²) in [6, 6.07) is 20.5. The molecule has 4 aromatic rings. The molecule has 1 aliphatic rings. The number of benzene rings is 3. The van der Waals surface area contributed by atoms with Crippen LogP contribution in [0.1, 0.15) is 39.4 Å². The van der Waals surface area contributed by atoms with Crippen LogP contribution in [0.15, 0.2) is 88.1 Å². The summed E-state index contributed by atoms with van der Waals surface area (Å²) in [6.07, 6.45) is -1.02. The van der Waals surface area contributed by atoms with Crippen molar-refractivity contribution in [3.05, 3.63) is 117 Å². The van der Waals surface area contributed by atoms with Crippen LogP contribution >= 0.6 is 0 Å². The van der Waals surface area contributed by atoms with E-state index in [1.165, 1.54) is 11.0 Å². The Morgan fingerprint density at radius 2 is 1.61 bits per heavy atom. The molecule has 6 heteroatoms. The summed E-state index contributed by atoms with van der Waals surface area (Å²) in [5, 5.41) is 11.1. The molecule has 5 rings (SSSR count). The molecule has 0 aliphatic carbocycles. The molecule has 154 valence electrons. The fraction of sp³-hybridized carbons (Fsp3) is 0.120. The standard InChI is InChI=1S/C25H18FNO4/c26-18-12-6-4-10-16(18)22-21-23(29)17-11-5-7-13-20(17)31-24(21)25(30)27(22)14-19(28)15-8-2-1-3-9-15/h1-13,19,22,28H,14H2. The van der Waals surface area contributed by atoms with E-state index in [0.717, 1.165) is 0 Å². The molecule has 0 bridgehead atoms. The van der Waals surface area contributed by atoms with Crippen molar-refractivity contribution in [2.45, 2.75) is 12.1 Å². The fourth-order valence-electron chi connectivity index (χ4n) is 4.14. The third-order valence-electron chi connectivity index (χ3n) is 5.63. The summed E-state index contributed by atoms with van der Waals surface area (Å²) in [6.45, 7) is -0.123. The van der Waals surface area contributed by atoms with Gasteiger partial charge in [-0.3, -0.25) is 9.59 Å². The van der Waals surface area contributed by atoms with E-state index in [1.54, 1.807) is 66.7 Å². The second kappa shape index (κ2) is 7.49. The van der Waals surface area contributed by atoms with E-state index >= 15 is 0 Å². The van der Waals surface area contributed by atoms with E-state index in [0.29, 0.717) is 10.9 Å². The van der Waals surface area contributed by atoms with Crippen LogP contribution in [0, 0.1) is 5.82 Å². The molecule has 1 aliphatic heterocycles. The number of hydrogen-bond acceptors (Lipinski definition) is 4. The number of fused-ring (bicyclic) bond motifs is 2. The Labute approximate surface area is 177 Å². The van der Waals surface area contributed by atoms with Gasteiger partial charge in [0.05, 0.1) is 29.6 Å². The van der Waals surface area contributed by atoms with Crippen LogP contribution in [0.2, 0.25) is 0 Å². The van der Waals surface area contributed by atoms with Gasteiger partial charge in [0.25, 0.3) is 5.91 Å². The second-order valence-electron chi connectivity index (χ2n) is 7.48. The number of β-amino-alcohol motifs (C(OH)–C–C–N with tert-alkyl or cyclic N) is 1. The number of carbonyl (C=O) groups excluding carboxylic acids is 1. The van der Waals surface area contributed by atoms with Crippen molar-refractivity contribution in [3.63, 3.8) is 0 Å². The normalized spacial score (nSPS) is 16.5. The van der Waals surface area contributed by atoms with Gasteiger partial charge in [-0.05, 0) is 23.8 Å². The van der Waals surface area contributed by atoms with Crippen LogP contribution in [-0.4, -0.2) is 22.5 Å². The monoisotopic (exact) mass is 415 g/mol. The lowest BCUT2D eigenvalue weighted by molar-refractivity contribution is 0.0580. The van der Waals surface area contributed by atoms with Crippen molar-refractivity contribution in [3.8, 4) is 0 Å². The van der Waals surface area contributed by atoms with Gasteiger partial charge in [-0.2, -0.15) is 0 Å². The maximum atomic E-state index is 14.8. The number of halogens is 1. The van der Waals surface area contributed by atoms with Crippen molar-refractivity contribution in [1.82, 2.24) is 4.90 Å². The van der Waals surface area contributed by atoms with E-state index in [-0.39, 0.29) is 34.4 Å². The Hall–Kier alpha value is -3.77. The molecule has 0 saturated carbocycles. The maximum absolute atomic E-state index is 14.8. The first-order valence-electron chi connectivity index (χ1n) is 9.90. The molecule has 5 nitrogen and oxygen atoms in total. The zero-order chi connectivity index (χ0) is 21.5. The van der Waals surface area contributed by atoms with Crippen molar-refractivity contribution in [1.29, 1.82) is 0 Å². The average molecular weight is 415 g/mol. The van der Waals surface area contributed by atoms with Crippen molar-refractivity contribution in [2.75, 3.05) is 6.54 Å². The molecule has 2 unspecified atom stereocenters. The lowest BCUT2D eigenvalue weighted by atomic mass is 9.97. The fourth-order valence-corrected chi connectivity index (χ4v) is 4.14. The van der Waals surface area contributed by atoms with E-state index in [2.05, 4.69) is 0 Å². The van der Waals surface area contributed by atoms with Gasteiger partial charge in [-0.1, -0.05) is 60.7 Å². The summed E-state index contributed by atoms with van der Waals surface area (Å²) in [5.41, 5.74) is 0.794. The summed E-state index contributed by atoms with van der Waals surface area (Å²) < 4.78 is 20.6. The predicted molar refractivity (Wildman–Crippen MR) is 113 cm³/mol. The number of amides is 1. The highest BCUT2D eigenvalue weighted by Gasteiger charge is 2.44. The van der Waals surface area contributed by atoms with E-state index in [4.69, 9.17) is 4.42 Å². The number of rotatable bonds is 4. The molecule has 1 aromatic heterocycles. The average Bonchev–Trinajstić information content (AvgIpc) is 3.06. The lowest BCUT2D eigenvalue weighted by Gasteiger charge is -2.27. The van der Waals surface area contributed by atoms with Gasteiger partial charge >= 0.3 is 0 Å². The molecule has 31 heavy (non-hydrogen) atoms. The highest BCUT2D eigenvalue weighted by molar-refractivity contribution is 5.99. The van der Waals surface area contributed by atoms with Crippen LogP contribution < -0.4 is 5.43 Å². The molecule has 2 heterocycles. The molecular weight excluding hydrogens is 397 g/mol. The Bertz CT molecular complexity index is 1350. The highest BCUT2D eigenvalue weighted by atomic mass is 19.1. The van der Waals surface area contributed by atoms with Crippen LogP contribution in [0.5, 0.6) is 0 Å². The first-order chi connectivity index (χ1) is 15.1. The number of carbonyl (C=O) groups is 1. The molecule has 0 spiro atoms. The van der Waals surface area contributed by atoms with Gasteiger partial charge in [-0.15, -0.1) is 0 Å². The van der Waals surface area contributed by atoms with Crippen LogP contribution in [0.25, 0.3) is 11.0 Å².